The second-order valence-corrected chi connectivity index (χ2v) is 5.34. The number of pyridine rings is 1. The fraction of sp³-hybridized carbons (Fsp3) is 0.571. The number of nitrogens with two attached hydrogens (primary N) is 1. The molecule has 6 nitrogen and oxygen atoms in total. The average Bonchev–Trinajstić information content (AvgIpc) is 2.85. The van der Waals surface area contributed by atoms with E-state index >= 15 is 0 Å². The Kier molecular flexibility index (Phi) is 4.44. The number of ether oxygens (including phenoxy) is 1. The first kappa shape index (κ1) is 14.6. The molecule has 0 radical (unpaired) electrons. The Morgan fingerprint density at radius 1 is 1.60 bits per heavy atom. The first-order chi connectivity index (χ1) is 9.54. The maximum atomic E-state index is 11.7. The van der Waals surface area contributed by atoms with Crippen molar-refractivity contribution in [2.24, 2.45) is 0 Å². The molecule has 0 bridgehead atoms. The molecule has 2 rings (SSSR count). The van der Waals surface area contributed by atoms with Gasteiger partial charge < -0.3 is 20.3 Å². The van der Waals surface area contributed by atoms with Crippen molar-refractivity contribution in [1.29, 1.82) is 0 Å². The summed E-state index contributed by atoms with van der Waals surface area (Å²) in [6, 6.07) is 1.98. The molecular formula is C14H22N4O2. The van der Waals surface area contributed by atoms with E-state index in [4.69, 9.17) is 10.5 Å². The van der Waals surface area contributed by atoms with E-state index in [1.165, 1.54) is 7.11 Å². The molecule has 0 amide bonds. The van der Waals surface area contributed by atoms with Gasteiger partial charge in [0.1, 0.15) is 0 Å². The van der Waals surface area contributed by atoms with Crippen LogP contribution in [0, 0.1) is 0 Å². The topological polar surface area (TPSA) is 71.7 Å². The summed E-state index contributed by atoms with van der Waals surface area (Å²) in [6.07, 6.45) is 3.84. The molecule has 110 valence electrons. The van der Waals surface area contributed by atoms with Gasteiger partial charge in [-0.2, -0.15) is 0 Å². The highest BCUT2D eigenvalue weighted by molar-refractivity contribution is 5.97. The Labute approximate surface area is 119 Å². The van der Waals surface area contributed by atoms with Crippen LogP contribution in [0.25, 0.3) is 0 Å². The Bertz CT molecular complexity index is 490. The van der Waals surface area contributed by atoms with Gasteiger partial charge in [-0.25, -0.2) is 9.78 Å². The summed E-state index contributed by atoms with van der Waals surface area (Å²) < 4.78 is 4.75. The molecule has 0 aromatic carbocycles. The quantitative estimate of drug-likeness (QED) is 0.828. The third-order valence-electron chi connectivity index (χ3n) is 3.60. The monoisotopic (exact) mass is 278 g/mol. The molecule has 1 saturated heterocycles. The molecule has 0 saturated carbocycles. The highest BCUT2D eigenvalue weighted by Crippen LogP contribution is 2.30. The van der Waals surface area contributed by atoms with Gasteiger partial charge in [-0.05, 0) is 33.0 Å². The van der Waals surface area contributed by atoms with E-state index in [1.807, 2.05) is 0 Å². The molecule has 0 spiro atoms. The normalized spacial score (nSPS) is 18.6. The minimum atomic E-state index is -0.422. The number of nitrogens with zero attached hydrogens (tertiary/aromatic N) is 3. The van der Waals surface area contributed by atoms with Gasteiger partial charge in [0.25, 0.3) is 0 Å². The molecule has 0 aliphatic carbocycles. The molecule has 1 unspecified atom stereocenters. The fourth-order valence-electron chi connectivity index (χ4n) is 2.70. The number of methoxy groups -OCH3 is 1. The number of hydrogen-bond acceptors (Lipinski definition) is 6. The lowest BCUT2D eigenvalue weighted by Crippen LogP contribution is -2.38. The number of likely N-dealkylation sites (N-methyl/N-ethyl adjacent to an activating group) is 1. The van der Waals surface area contributed by atoms with Gasteiger partial charge in [0.05, 0.1) is 18.4 Å². The third-order valence-corrected chi connectivity index (χ3v) is 3.60. The SMILES string of the molecule is COC(=O)c1ccnc(N2CCCC2CN(C)C)c1N. The van der Waals surface area contributed by atoms with Crippen LogP contribution in [0.1, 0.15) is 23.2 Å². The molecule has 1 aliphatic heterocycles. The number of aromatic nitrogens is 1. The Hall–Kier alpha value is -1.82. The minimum absolute atomic E-state index is 0.382. The van der Waals surface area contributed by atoms with Crippen LogP contribution < -0.4 is 10.6 Å². The molecule has 20 heavy (non-hydrogen) atoms. The molecule has 1 atom stereocenters. The van der Waals surface area contributed by atoms with Gasteiger partial charge in [0.2, 0.25) is 0 Å². The van der Waals surface area contributed by atoms with Crippen LogP contribution in [0.5, 0.6) is 0 Å². The van der Waals surface area contributed by atoms with E-state index in [-0.39, 0.29) is 0 Å². The van der Waals surface area contributed by atoms with Crippen LogP contribution in [0.2, 0.25) is 0 Å². The second-order valence-electron chi connectivity index (χ2n) is 5.34. The molecular weight excluding hydrogens is 256 g/mol. The maximum absolute atomic E-state index is 11.7. The Balaban J connectivity index is 2.30. The smallest absolute Gasteiger partial charge is 0.340 e. The van der Waals surface area contributed by atoms with E-state index in [0.29, 0.717) is 23.1 Å². The average molecular weight is 278 g/mol. The summed E-state index contributed by atoms with van der Waals surface area (Å²) in [5, 5.41) is 0. The van der Waals surface area contributed by atoms with Gasteiger partial charge in [0, 0.05) is 25.3 Å². The standard InChI is InChI=1S/C14H22N4O2/c1-17(2)9-10-5-4-8-18(10)13-12(15)11(6-7-16-13)14(19)20-3/h6-7,10H,4-5,8-9,15H2,1-3H3. The Morgan fingerprint density at radius 3 is 3.00 bits per heavy atom. The number of rotatable bonds is 4. The van der Waals surface area contributed by atoms with E-state index in [2.05, 4.69) is 28.9 Å². The predicted octanol–water partition coefficient (Wildman–Crippen LogP) is 0.981. The highest BCUT2D eigenvalue weighted by atomic mass is 16.5. The van der Waals surface area contributed by atoms with Gasteiger partial charge >= 0.3 is 5.97 Å². The van der Waals surface area contributed by atoms with Crippen molar-refractivity contribution in [1.82, 2.24) is 9.88 Å². The number of carbonyl (C=O) groups is 1. The van der Waals surface area contributed by atoms with Crippen molar-refractivity contribution < 1.29 is 9.53 Å². The zero-order chi connectivity index (χ0) is 14.7. The van der Waals surface area contributed by atoms with E-state index in [9.17, 15) is 4.79 Å². The number of esters is 1. The summed E-state index contributed by atoms with van der Waals surface area (Å²) in [4.78, 5) is 20.4. The van der Waals surface area contributed by atoms with Gasteiger partial charge in [-0.15, -0.1) is 0 Å². The van der Waals surface area contributed by atoms with Crippen molar-refractivity contribution in [3.8, 4) is 0 Å². The molecule has 1 aromatic heterocycles. The lowest BCUT2D eigenvalue weighted by molar-refractivity contribution is 0.0602. The number of hydrogen-bond donors (Lipinski definition) is 1. The minimum Gasteiger partial charge on any atom is -0.465 e. The van der Waals surface area contributed by atoms with Crippen LogP contribution in [-0.4, -0.2) is 56.2 Å². The lowest BCUT2D eigenvalue weighted by Gasteiger charge is -2.29. The van der Waals surface area contributed by atoms with Gasteiger partial charge in [-0.3, -0.25) is 0 Å². The van der Waals surface area contributed by atoms with Crippen LogP contribution in [-0.2, 0) is 4.74 Å². The number of nitrogen functional groups attached to an aromatic ring is 1. The summed E-state index contributed by atoms with van der Waals surface area (Å²) in [5.41, 5.74) is 6.90. The number of anilines is 2. The van der Waals surface area contributed by atoms with Crippen molar-refractivity contribution in [3.63, 3.8) is 0 Å². The molecule has 1 aliphatic rings. The zero-order valence-corrected chi connectivity index (χ0v) is 12.3. The highest BCUT2D eigenvalue weighted by Gasteiger charge is 2.28. The fourth-order valence-corrected chi connectivity index (χ4v) is 2.70. The van der Waals surface area contributed by atoms with Crippen molar-refractivity contribution in [3.05, 3.63) is 17.8 Å². The van der Waals surface area contributed by atoms with Crippen LogP contribution >= 0.6 is 0 Å². The third kappa shape index (κ3) is 2.85. The van der Waals surface area contributed by atoms with Gasteiger partial charge in [0.15, 0.2) is 5.82 Å². The molecule has 6 heteroatoms. The zero-order valence-electron chi connectivity index (χ0n) is 12.3. The molecule has 2 N–H and O–H groups in total. The van der Waals surface area contributed by atoms with Gasteiger partial charge in [-0.1, -0.05) is 0 Å². The molecule has 2 heterocycles. The lowest BCUT2D eigenvalue weighted by atomic mass is 10.2. The summed E-state index contributed by atoms with van der Waals surface area (Å²) in [5.74, 6) is 0.270. The molecule has 1 fully saturated rings. The van der Waals surface area contributed by atoms with Crippen molar-refractivity contribution >= 4 is 17.5 Å². The van der Waals surface area contributed by atoms with Crippen LogP contribution in [0.4, 0.5) is 11.5 Å². The van der Waals surface area contributed by atoms with Crippen LogP contribution in [0.3, 0.4) is 0 Å². The van der Waals surface area contributed by atoms with E-state index in [1.54, 1.807) is 12.3 Å². The summed E-state index contributed by atoms with van der Waals surface area (Å²) in [7, 11) is 5.46. The van der Waals surface area contributed by atoms with Crippen LogP contribution in [0.15, 0.2) is 12.3 Å². The van der Waals surface area contributed by atoms with Crippen molar-refractivity contribution in [2.45, 2.75) is 18.9 Å². The predicted molar refractivity (Wildman–Crippen MR) is 78.9 cm³/mol. The van der Waals surface area contributed by atoms with E-state index in [0.717, 1.165) is 25.9 Å². The maximum Gasteiger partial charge on any atom is 0.340 e. The van der Waals surface area contributed by atoms with Crippen molar-refractivity contribution in [2.75, 3.05) is 44.9 Å². The first-order valence-electron chi connectivity index (χ1n) is 6.78. The van der Waals surface area contributed by atoms with E-state index < -0.39 is 5.97 Å². The number of carbonyl (C=O) groups excluding carboxylic acids is 1. The Morgan fingerprint density at radius 2 is 2.35 bits per heavy atom. The second kappa shape index (κ2) is 6.09. The summed E-state index contributed by atoms with van der Waals surface area (Å²) >= 11 is 0. The first-order valence-corrected chi connectivity index (χ1v) is 6.78. The molecule has 1 aromatic rings. The summed E-state index contributed by atoms with van der Waals surface area (Å²) in [6.45, 7) is 1.86. The largest absolute Gasteiger partial charge is 0.465 e.